The van der Waals surface area contributed by atoms with Crippen molar-refractivity contribution in [1.82, 2.24) is 24.5 Å². The Labute approximate surface area is 174 Å². The largest absolute Gasteiger partial charge is 0.497 e. The number of nitrogens with one attached hydrogen (secondary N) is 1. The number of hydrogen-bond acceptors (Lipinski definition) is 6. The average Bonchev–Trinajstić information content (AvgIpc) is 3.23. The van der Waals surface area contributed by atoms with E-state index in [1.54, 1.807) is 11.8 Å². The third-order valence-corrected chi connectivity index (χ3v) is 5.87. The maximum absolute atomic E-state index is 12.7. The zero-order chi connectivity index (χ0) is 21.1. The Kier molecular flexibility index (Phi) is 6.26. The fourth-order valence-corrected chi connectivity index (χ4v) is 3.92. The lowest BCUT2D eigenvalue weighted by molar-refractivity contribution is -0.115. The highest BCUT2D eigenvalue weighted by molar-refractivity contribution is 8.00. The Morgan fingerprint density at radius 3 is 2.48 bits per heavy atom. The first kappa shape index (κ1) is 20.9. The van der Waals surface area contributed by atoms with Gasteiger partial charge in [0.05, 0.1) is 29.4 Å². The summed E-state index contributed by atoms with van der Waals surface area (Å²) in [4.78, 5) is 12.7. The minimum atomic E-state index is -0.341. The Morgan fingerprint density at radius 2 is 1.93 bits per heavy atom. The van der Waals surface area contributed by atoms with Crippen molar-refractivity contribution in [3.8, 4) is 17.1 Å². The number of benzene rings is 1. The molecule has 154 valence electrons. The van der Waals surface area contributed by atoms with Crippen LogP contribution in [0.4, 0.5) is 5.69 Å². The number of carbonyl (C=O) groups excluding carboxylic acids is 1. The van der Waals surface area contributed by atoms with Crippen molar-refractivity contribution in [2.24, 2.45) is 7.05 Å². The summed E-state index contributed by atoms with van der Waals surface area (Å²) in [6.07, 6.45) is 0. The Bertz CT molecular complexity index is 1010. The van der Waals surface area contributed by atoms with Crippen molar-refractivity contribution in [1.29, 1.82) is 0 Å². The minimum absolute atomic E-state index is 0.0918. The van der Waals surface area contributed by atoms with E-state index >= 15 is 0 Å². The number of rotatable bonds is 7. The van der Waals surface area contributed by atoms with Gasteiger partial charge in [0.1, 0.15) is 5.75 Å². The molecule has 0 aliphatic heterocycles. The third-order valence-electron chi connectivity index (χ3n) is 4.79. The summed E-state index contributed by atoms with van der Waals surface area (Å²) in [6.45, 7) is 8.42. The molecule has 2 heterocycles. The van der Waals surface area contributed by atoms with Crippen molar-refractivity contribution in [2.75, 3.05) is 12.4 Å². The maximum atomic E-state index is 12.7. The van der Waals surface area contributed by atoms with Gasteiger partial charge in [-0.3, -0.25) is 9.48 Å². The van der Waals surface area contributed by atoms with Crippen molar-refractivity contribution in [3.63, 3.8) is 0 Å². The molecule has 0 spiro atoms. The number of anilines is 1. The van der Waals surface area contributed by atoms with Gasteiger partial charge in [-0.1, -0.05) is 11.8 Å². The molecule has 0 aliphatic carbocycles. The van der Waals surface area contributed by atoms with E-state index < -0.39 is 0 Å². The van der Waals surface area contributed by atoms with Crippen molar-refractivity contribution in [3.05, 3.63) is 35.7 Å². The van der Waals surface area contributed by atoms with E-state index in [9.17, 15) is 4.79 Å². The molecule has 1 atom stereocenters. The molecule has 0 unspecified atom stereocenters. The van der Waals surface area contributed by atoms with Crippen LogP contribution < -0.4 is 10.1 Å². The minimum Gasteiger partial charge on any atom is -0.497 e. The van der Waals surface area contributed by atoms with Crippen molar-refractivity contribution in [2.45, 2.75) is 44.6 Å². The van der Waals surface area contributed by atoms with Gasteiger partial charge in [-0.2, -0.15) is 5.10 Å². The van der Waals surface area contributed by atoms with Gasteiger partial charge in [0.2, 0.25) is 5.91 Å². The van der Waals surface area contributed by atoms with Gasteiger partial charge < -0.3 is 14.6 Å². The van der Waals surface area contributed by atoms with Gasteiger partial charge >= 0.3 is 0 Å². The number of aromatic nitrogens is 5. The molecule has 3 aromatic rings. The van der Waals surface area contributed by atoms with Gasteiger partial charge in [-0.25, -0.2) is 0 Å². The van der Waals surface area contributed by atoms with Gasteiger partial charge in [0.25, 0.3) is 0 Å². The van der Waals surface area contributed by atoms with Crippen LogP contribution >= 0.6 is 11.8 Å². The number of amides is 1. The van der Waals surface area contributed by atoms with Crippen LogP contribution in [0.2, 0.25) is 0 Å². The highest BCUT2D eigenvalue weighted by Crippen LogP contribution is 2.29. The van der Waals surface area contributed by atoms with Crippen molar-refractivity contribution >= 4 is 23.4 Å². The Morgan fingerprint density at radius 1 is 1.24 bits per heavy atom. The molecule has 0 aliphatic rings. The first-order valence-electron chi connectivity index (χ1n) is 9.41. The topological polar surface area (TPSA) is 86.9 Å². The number of carbonyl (C=O) groups is 1. The van der Waals surface area contributed by atoms with Gasteiger partial charge in [0, 0.05) is 19.2 Å². The number of thioether (sulfide) groups is 1. The Balaban J connectivity index is 1.77. The van der Waals surface area contributed by atoms with E-state index in [0.29, 0.717) is 11.7 Å². The summed E-state index contributed by atoms with van der Waals surface area (Å²) in [7, 11) is 3.50. The lowest BCUT2D eigenvalue weighted by Gasteiger charge is -2.13. The van der Waals surface area contributed by atoms with Crippen LogP contribution in [0.15, 0.2) is 29.4 Å². The molecule has 29 heavy (non-hydrogen) atoms. The average molecular weight is 415 g/mol. The summed E-state index contributed by atoms with van der Waals surface area (Å²) in [5.41, 5.74) is 3.44. The monoisotopic (exact) mass is 414 g/mol. The number of methoxy groups -OCH3 is 1. The van der Waals surface area contributed by atoms with E-state index in [4.69, 9.17) is 4.74 Å². The van der Waals surface area contributed by atoms with Crippen molar-refractivity contribution < 1.29 is 9.53 Å². The zero-order valence-electron chi connectivity index (χ0n) is 17.6. The number of nitrogens with zero attached hydrogens (tertiary/aromatic N) is 5. The second-order valence-electron chi connectivity index (χ2n) is 6.70. The van der Waals surface area contributed by atoms with Gasteiger partial charge in [-0.15, -0.1) is 10.2 Å². The summed E-state index contributed by atoms with van der Waals surface area (Å²) < 4.78 is 8.99. The molecule has 0 fully saturated rings. The summed E-state index contributed by atoms with van der Waals surface area (Å²) in [5.74, 6) is 1.47. The van der Waals surface area contributed by atoms with E-state index in [-0.39, 0.29) is 11.2 Å². The maximum Gasteiger partial charge on any atom is 0.237 e. The molecular formula is C20H26N6O2S. The summed E-state index contributed by atoms with van der Waals surface area (Å²) in [6, 6.07) is 7.69. The summed E-state index contributed by atoms with van der Waals surface area (Å²) >= 11 is 1.39. The molecule has 0 saturated carbocycles. The SMILES string of the molecule is CCn1c(S[C@@H](C)C(=O)Nc2c(C)nn(C)c2C)nnc1-c1ccc(OC)cc1. The quantitative estimate of drug-likeness (QED) is 0.596. The molecule has 0 bridgehead atoms. The molecule has 3 rings (SSSR count). The first-order valence-corrected chi connectivity index (χ1v) is 10.3. The molecule has 2 aromatic heterocycles. The van der Waals surface area contributed by atoms with Gasteiger partial charge in [0.15, 0.2) is 11.0 Å². The predicted molar refractivity (Wildman–Crippen MR) is 114 cm³/mol. The fourth-order valence-electron chi connectivity index (χ4n) is 3.01. The van der Waals surface area contributed by atoms with E-state index in [1.807, 2.05) is 63.6 Å². The number of hydrogen-bond donors (Lipinski definition) is 1. The van der Waals surface area contributed by atoms with E-state index in [1.165, 1.54) is 11.8 Å². The summed E-state index contributed by atoms with van der Waals surface area (Å²) in [5, 5.41) is 16.4. The molecule has 0 saturated heterocycles. The lowest BCUT2D eigenvalue weighted by Crippen LogP contribution is -2.23. The van der Waals surface area contributed by atoms with Crippen LogP contribution in [0.1, 0.15) is 25.2 Å². The smallest absolute Gasteiger partial charge is 0.237 e. The predicted octanol–water partition coefficient (Wildman–Crippen LogP) is 3.44. The number of ether oxygens (including phenoxy) is 1. The van der Waals surface area contributed by atoms with Crippen LogP contribution in [-0.2, 0) is 18.4 Å². The Hall–Kier alpha value is -2.81. The second-order valence-corrected chi connectivity index (χ2v) is 8.01. The molecule has 0 radical (unpaired) electrons. The molecule has 1 N–H and O–H groups in total. The molecule has 8 nitrogen and oxygen atoms in total. The van der Waals surface area contributed by atoms with E-state index in [0.717, 1.165) is 34.2 Å². The lowest BCUT2D eigenvalue weighted by atomic mass is 10.2. The standard InChI is InChI=1S/C20H26N6O2S/c1-7-26-18(15-8-10-16(28-6)11-9-15)22-23-20(26)29-14(4)19(27)21-17-12(2)24-25(5)13(17)3/h8-11,14H,7H2,1-6H3,(H,21,27)/t14-/m0/s1. The highest BCUT2D eigenvalue weighted by atomic mass is 32.2. The van der Waals surface area contributed by atoms with Crippen LogP contribution in [0.5, 0.6) is 5.75 Å². The molecule has 1 amide bonds. The highest BCUT2D eigenvalue weighted by Gasteiger charge is 2.22. The fraction of sp³-hybridized carbons (Fsp3) is 0.400. The van der Waals surface area contributed by atoms with Crippen LogP contribution in [0.3, 0.4) is 0 Å². The first-order chi connectivity index (χ1) is 13.8. The third kappa shape index (κ3) is 4.29. The zero-order valence-corrected chi connectivity index (χ0v) is 18.4. The normalized spacial score (nSPS) is 12.1. The van der Waals surface area contributed by atoms with E-state index in [2.05, 4.69) is 20.6 Å². The van der Waals surface area contributed by atoms with Crippen LogP contribution in [0.25, 0.3) is 11.4 Å². The number of aryl methyl sites for hydroxylation is 2. The van der Waals surface area contributed by atoms with Gasteiger partial charge in [-0.05, 0) is 52.0 Å². The van der Waals surface area contributed by atoms with Crippen LogP contribution in [-0.4, -0.2) is 42.8 Å². The van der Waals surface area contributed by atoms with Crippen LogP contribution in [0, 0.1) is 13.8 Å². The molecular weight excluding hydrogens is 388 g/mol. The molecule has 9 heteroatoms. The molecule has 1 aromatic carbocycles. The second kappa shape index (κ2) is 8.69.